The van der Waals surface area contributed by atoms with E-state index in [1.54, 1.807) is 18.3 Å². The van der Waals surface area contributed by atoms with Crippen molar-refractivity contribution in [2.24, 2.45) is 0 Å². The van der Waals surface area contributed by atoms with Crippen LogP contribution in [-0.2, 0) is 4.79 Å². The Hall–Kier alpha value is -3.15. The van der Waals surface area contributed by atoms with E-state index in [1.165, 1.54) is 6.08 Å². The predicted molar refractivity (Wildman–Crippen MR) is 86.4 cm³/mol. The highest BCUT2D eigenvalue weighted by atomic mass is 19.1. The fraction of sp³-hybridized carbons (Fsp3) is 0.111. The maximum absolute atomic E-state index is 14.8. The summed E-state index contributed by atoms with van der Waals surface area (Å²) in [7, 11) is 0. The topological polar surface area (TPSA) is 63.8 Å². The first-order chi connectivity index (χ1) is 11.5. The van der Waals surface area contributed by atoms with E-state index in [0.29, 0.717) is 16.8 Å². The van der Waals surface area contributed by atoms with E-state index >= 15 is 0 Å². The van der Waals surface area contributed by atoms with Crippen molar-refractivity contribution in [3.8, 4) is 17.0 Å². The quantitative estimate of drug-likeness (QED) is 0.785. The van der Waals surface area contributed by atoms with E-state index < -0.39 is 11.8 Å². The number of hydrogen-bond acceptors (Lipinski definition) is 3. The zero-order valence-electron chi connectivity index (χ0n) is 12.8. The van der Waals surface area contributed by atoms with Crippen molar-refractivity contribution in [1.29, 1.82) is 0 Å². The first-order valence-corrected chi connectivity index (χ1v) is 7.38. The lowest BCUT2D eigenvalue weighted by molar-refractivity contribution is -0.132. The molecule has 3 heterocycles. The molecule has 1 N–H and O–H groups in total. The monoisotopic (exact) mass is 324 g/mol. The van der Waals surface area contributed by atoms with Crippen LogP contribution in [0.25, 0.3) is 23.0 Å². The number of carbonyl (C=O) groups is 1. The number of benzene rings is 1. The van der Waals surface area contributed by atoms with Gasteiger partial charge in [0.1, 0.15) is 12.3 Å². The molecule has 0 saturated heterocycles. The fourth-order valence-corrected chi connectivity index (χ4v) is 2.82. The van der Waals surface area contributed by atoms with Crippen LogP contribution in [-0.4, -0.2) is 27.1 Å². The number of carboxylic acid groups (broad SMARTS) is 1. The Morgan fingerprint density at radius 2 is 2.21 bits per heavy atom. The third-order valence-corrected chi connectivity index (χ3v) is 4.06. The van der Waals surface area contributed by atoms with Crippen molar-refractivity contribution < 1.29 is 19.0 Å². The second kappa shape index (κ2) is 5.19. The molecule has 0 atom stereocenters. The minimum atomic E-state index is -1.07. The van der Waals surface area contributed by atoms with Crippen molar-refractivity contribution in [3.05, 3.63) is 59.2 Å². The van der Waals surface area contributed by atoms with Crippen LogP contribution in [0, 0.1) is 12.7 Å². The normalized spacial score (nSPS) is 13.3. The number of aliphatic carboxylic acids is 1. The highest BCUT2D eigenvalue weighted by Gasteiger charge is 2.23. The second-order valence-corrected chi connectivity index (χ2v) is 5.66. The highest BCUT2D eigenvalue weighted by molar-refractivity contribution is 5.94. The molecule has 0 radical (unpaired) electrons. The van der Waals surface area contributed by atoms with Gasteiger partial charge >= 0.3 is 5.97 Å². The van der Waals surface area contributed by atoms with Gasteiger partial charge in [0.25, 0.3) is 0 Å². The summed E-state index contributed by atoms with van der Waals surface area (Å²) in [6.07, 6.45) is 5.05. The molecule has 2 aromatic heterocycles. The molecule has 1 aromatic carbocycles. The molecule has 1 aliphatic heterocycles. The number of fused-ring (bicyclic) bond motifs is 2. The Kier molecular flexibility index (Phi) is 3.13. The number of ether oxygens (including phenoxy) is 1. The molecule has 120 valence electrons. The van der Waals surface area contributed by atoms with Crippen molar-refractivity contribution in [2.45, 2.75) is 6.92 Å². The van der Waals surface area contributed by atoms with Crippen LogP contribution in [0.1, 0.15) is 11.1 Å². The molecule has 24 heavy (non-hydrogen) atoms. The minimum absolute atomic E-state index is 0.0614. The Bertz CT molecular complexity index is 1020. The maximum Gasteiger partial charge on any atom is 0.335 e. The van der Waals surface area contributed by atoms with E-state index in [2.05, 4.69) is 4.98 Å². The van der Waals surface area contributed by atoms with Gasteiger partial charge in [-0.25, -0.2) is 14.2 Å². The largest absolute Gasteiger partial charge is 0.485 e. The van der Waals surface area contributed by atoms with Gasteiger partial charge in [-0.05, 0) is 30.7 Å². The third-order valence-electron chi connectivity index (χ3n) is 4.06. The Morgan fingerprint density at radius 3 is 2.96 bits per heavy atom. The van der Waals surface area contributed by atoms with E-state index in [-0.39, 0.29) is 17.9 Å². The standard InChI is InChI=1S/C18H13FN2O3/c1-10-3-2-6-21-8-14(20-17(10)21)13-5-4-11-7-12(18(22)23)9-24-16(11)15(13)19/h2-8H,9H2,1H3,(H,22,23). The molecule has 0 amide bonds. The fourth-order valence-electron chi connectivity index (χ4n) is 2.82. The summed E-state index contributed by atoms with van der Waals surface area (Å²) in [6, 6.07) is 7.08. The summed E-state index contributed by atoms with van der Waals surface area (Å²) in [6.45, 7) is 1.78. The van der Waals surface area contributed by atoms with Gasteiger partial charge in [0.05, 0.1) is 11.3 Å². The Balaban J connectivity index is 1.85. The lowest BCUT2D eigenvalue weighted by atomic mass is 10.0. The number of carboxylic acids is 1. The Labute approximate surface area is 136 Å². The molecular formula is C18H13FN2O3. The molecule has 3 aromatic rings. The van der Waals surface area contributed by atoms with Gasteiger partial charge in [-0.1, -0.05) is 12.1 Å². The summed E-state index contributed by atoms with van der Waals surface area (Å²) < 4.78 is 22.0. The average molecular weight is 324 g/mol. The first kappa shape index (κ1) is 14.4. The van der Waals surface area contributed by atoms with Crippen LogP contribution in [0.3, 0.4) is 0 Å². The van der Waals surface area contributed by atoms with Gasteiger partial charge < -0.3 is 14.2 Å². The third kappa shape index (κ3) is 2.15. The van der Waals surface area contributed by atoms with Crippen LogP contribution < -0.4 is 4.74 Å². The summed E-state index contributed by atoms with van der Waals surface area (Å²) >= 11 is 0. The van der Waals surface area contributed by atoms with Crippen LogP contribution in [0.2, 0.25) is 0 Å². The SMILES string of the molecule is Cc1cccn2cc(-c3ccc4c(c3F)OCC(C(=O)O)=C4)nc12. The van der Waals surface area contributed by atoms with Crippen LogP contribution >= 0.6 is 0 Å². The van der Waals surface area contributed by atoms with E-state index in [4.69, 9.17) is 9.84 Å². The number of nitrogens with zero attached hydrogens (tertiary/aromatic N) is 2. The summed E-state index contributed by atoms with van der Waals surface area (Å²) in [4.78, 5) is 15.5. The molecule has 6 heteroatoms. The van der Waals surface area contributed by atoms with Gasteiger partial charge in [-0.15, -0.1) is 0 Å². The second-order valence-electron chi connectivity index (χ2n) is 5.66. The van der Waals surface area contributed by atoms with Gasteiger partial charge in [-0.2, -0.15) is 0 Å². The molecule has 4 rings (SSSR count). The number of hydrogen-bond donors (Lipinski definition) is 1. The molecule has 0 bridgehead atoms. The van der Waals surface area contributed by atoms with Gasteiger partial charge in [0, 0.05) is 23.5 Å². The van der Waals surface area contributed by atoms with E-state index in [1.807, 2.05) is 29.7 Å². The number of aryl methyl sites for hydroxylation is 1. The molecule has 1 aliphatic rings. The van der Waals surface area contributed by atoms with E-state index in [0.717, 1.165) is 11.2 Å². The lowest BCUT2D eigenvalue weighted by Gasteiger charge is -2.17. The molecule has 0 spiro atoms. The first-order valence-electron chi connectivity index (χ1n) is 7.38. The smallest absolute Gasteiger partial charge is 0.335 e. The zero-order chi connectivity index (χ0) is 16.8. The molecule has 0 fully saturated rings. The molecule has 0 aliphatic carbocycles. The van der Waals surface area contributed by atoms with E-state index in [9.17, 15) is 9.18 Å². The van der Waals surface area contributed by atoms with Crippen molar-refractivity contribution in [2.75, 3.05) is 6.61 Å². The van der Waals surface area contributed by atoms with Crippen molar-refractivity contribution >= 4 is 17.7 Å². The summed E-state index contributed by atoms with van der Waals surface area (Å²) in [5, 5.41) is 9.02. The van der Waals surface area contributed by atoms with Gasteiger partial charge in [0.2, 0.25) is 0 Å². The highest BCUT2D eigenvalue weighted by Crippen LogP contribution is 2.35. The number of rotatable bonds is 2. The lowest BCUT2D eigenvalue weighted by Crippen LogP contribution is -2.15. The summed E-state index contributed by atoms with van der Waals surface area (Å²) in [5.41, 5.74) is 3.09. The summed E-state index contributed by atoms with van der Waals surface area (Å²) in [5.74, 6) is -1.54. The maximum atomic E-state index is 14.8. The van der Waals surface area contributed by atoms with Crippen LogP contribution in [0.5, 0.6) is 5.75 Å². The molecule has 0 saturated carbocycles. The Morgan fingerprint density at radius 1 is 1.38 bits per heavy atom. The van der Waals surface area contributed by atoms with Crippen molar-refractivity contribution in [1.82, 2.24) is 9.38 Å². The van der Waals surface area contributed by atoms with Crippen LogP contribution in [0.4, 0.5) is 4.39 Å². The molecular weight excluding hydrogens is 311 g/mol. The zero-order valence-corrected chi connectivity index (χ0v) is 12.8. The number of halogens is 1. The van der Waals surface area contributed by atoms with Gasteiger partial charge in [0.15, 0.2) is 11.6 Å². The predicted octanol–water partition coefficient (Wildman–Crippen LogP) is 3.31. The molecule has 0 unspecified atom stereocenters. The van der Waals surface area contributed by atoms with Gasteiger partial charge in [-0.3, -0.25) is 0 Å². The number of aromatic nitrogens is 2. The number of pyridine rings is 1. The van der Waals surface area contributed by atoms with Crippen LogP contribution in [0.15, 0.2) is 42.2 Å². The van der Waals surface area contributed by atoms with Crippen molar-refractivity contribution in [3.63, 3.8) is 0 Å². The number of imidazole rings is 1. The molecule has 5 nitrogen and oxygen atoms in total. The average Bonchev–Trinajstić information content (AvgIpc) is 3.00. The minimum Gasteiger partial charge on any atom is -0.485 e.